The maximum absolute atomic E-state index is 11.9. The molecule has 0 spiro atoms. The van der Waals surface area contributed by atoms with Crippen LogP contribution in [0.3, 0.4) is 0 Å². The summed E-state index contributed by atoms with van der Waals surface area (Å²) in [5.41, 5.74) is 1.95. The van der Waals surface area contributed by atoms with E-state index in [1.165, 1.54) is 15.6 Å². The lowest BCUT2D eigenvalue weighted by molar-refractivity contribution is 0.252. The van der Waals surface area contributed by atoms with Crippen LogP contribution in [0.2, 0.25) is 0 Å². The van der Waals surface area contributed by atoms with Crippen molar-refractivity contribution in [1.29, 1.82) is 0 Å². The highest BCUT2D eigenvalue weighted by Gasteiger charge is 2.06. The number of hydrogen-bond acceptors (Lipinski definition) is 4. The molecule has 8 nitrogen and oxygen atoms in total. The molecule has 0 saturated heterocycles. The van der Waals surface area contributed by atoms with Crippen molar-refractivity contribution in [3.05, 3.63) is 71.2 Å². The minimum Gasteiger partial charge on any atom is -0.337 e. The van der Waals surface area contributed by atoms with Crippen LogP contribution in [0, 0.1) is 0 Å². The van der Waals surface area contributed by atoms with Gasteiger partial charge in [-0.25, -0.2) is 9.59 Å². The van der Waals surface area contributed by atoms with E-state index in [2.05, 4.69) is 20.7 Å². The maximum atomic E-state index is 11.9. The highest BCUT2D eigenvalue weighted by molar-refractivity contribution is 5.89. The highest BCUT2D eigenvalue weighted by atomic mass is 16.2. The van der Waals surface area contributed by atoms with Gasteiger partial charge in [-0.3, -0.25) is 9.55 Å². The minimum atomic E-state index is -0.293. The standard InChI is InChI=1S/C17H18N6O2/c1-22-12-20-23(17(22)25)15-7-5-14(6-8-15)21-16(24)19-11-9-13-4-2-3-10-18-13/h2-8,10,12H,9,11H2,1H3,(H2,19,21,24). The van der Waals surface area contributed by atoms with Gasteiger partial charge in [0.05, 0.1) is 5.69 Å². The Bertz CT molecular complexity index is 899. The first-order chi connectivity index (χ1) is 12.1. The lowest BCUT2D eigenvalue weighted by Crippen LogP contribution is -2.30. The Morgan fingerprint density at radius 1 is 1.16 bits per heavy atom. The van der Waals surface area contributed by atoms with Crippen molar-refractivity contribution in [2.75, 3.05) is 11.9 Å². The van der Waals surface area contributed by atoms with Crippen LogP contribution in [0.5, 0.6) is 0 Å². The second-order valence-corrected chi connectivity index (χ2v) is 5.44. The van der Waals surface area contributed by atoms with E-state index in [0.717, 1.165) is 5.69 Å². The average molecular weight is 338 g/mol. The van der Waals surface area contributed by atoms with Gasteiger partial charge in [0.25, 0.3) is 0 Å². The molecular weight excluding hydrogens is 320 g/mol. The van der Waals surface area contributed by atoms with Gasteiger partial charge >= 0.3 is 11.7 Å². The predicted molar refractivity (Wildman–Crippen MR) is 93.8 cm³/mol. The summed E-state index contributed by atoms with van der Waals surface area (Å²) in [7, 11) is 1.64. The summed E-state index contributed by atoms with van der Waals surface area (Å²) >= 11 is 0. The zero-order chi connectivity index (χ0) is 17.6. The van der Waals surface area contributed by atoms with Crippen LogP contribution >= 0.6 is 0 Å². The van der Waals surface area contributed by atoms with Crippen molar-refractivity contribution < 1.29 is 4.79 Å². The van der Waals surface area contributed by atoms with Crippen LogP contribution in [0.1, 0.15) is 5.69 Å². The van der Waals surface area contributed by atoms with Gasteiger partial charge in [0.1, 0.15) is 6.33 Å². The molecule has 2 aromatic heterocycles. The van der Waals surface area contributed by atoms with E-state index in [-0.39, 0.29) is 11.7 Å². The number of amides is 2. The average Bonchev–Trinajstić information content (AvgIpc) is 2.96. The number of nitrogens with zero attached hydrogens (tertiary/aromatic N) is 4. The van der Waals surface area contributed by atoms with Crippen LogP contribution in [0.25, 0.3) is 5.69 Å². The van der Waals surface area contributed by atoms with E-state index in [9.17, 15) is 9.59 Å². The molecule has 0 bridgehead atoms. The highest BCUT2D eigenvalue weighted by Crippen LogP contribution is 2.11. The number of pyridine rings is 1. The molecule has 128 valence electrons. The smallest absolute Gasteiger partial charge is 0.337 e. The summed E-state index contributed by atoms with van der Waals surface area (Å²) in [4.78, 5) is 27.9. The lowest BCUT2D eigenvalue weighted by atomic mass is 10.2. The first-order valence-electron chi connectivity index (χ1n) is 7.79. The van der Waals surface area contributed by atoms with Gasteiger partial charge in [0, 0.05) is 37.6 Å². The Labute approximate surface area is 144 Å². The van der Waals surface area contributed by atoms with Crippen molar-refractivity contribution in [2.45, 2.75) is 6.42 Å². The molecule has 2 N–H and O–H groups in total. The number of benzene rings is 1. The fraction of sp³-hybridized carbons (Fsp3) is 0.176. The monoisotopic (exact) mass is 338 g/mol. The van der Waals surface area contributed by atoms with E-state index in [4.69, 9.17) is 0 Å². The molecular formula is C17H18N6O2. The zero-order valence-corrected chi connectivity index (χ0v) is 13.7. The number of aryl methyl sites for hydroxylation is 1. The van der Waals surface area contributed by atoms with Crippen LogP contribution in [-0.2, 0) is 13.5 Å². The number of anilines is 1. The first-order valence-corrected chi connectivity index (χ1v) is 7.79. The quantitative estimate of drug-likeness (QED) is 0.734. The topological polar surface area (TPSA) is 93.8 Å². The number of urea groups is 1. The minimum absolute atomic E-state index is 0.229. The molecule has 8 heteroatoms. The third-order valence-electron chi connectivity index (χ3n) is 3.59. The number of rotatable bonds is 5. The summed E-state index contributed by atoms with van der Waals surface area (Å²) in [6.45, 7) is 0.490. The molecule has 0 saturated carbocycles. The summed E-state index contributed by atoms with van der Waals surface area (Å²) in [5.74, 6) is 0. The number of hydrogen-bond donors (Lipinski definition) is 2. The van der Waals surface area contributed by atoms with Gasteiger partial charge in [0.15, 0.2) is 0 Å². The SMILES string of the molecule is Cn1cnn(-c2ccc(NC(=O)NCCc3ccccn3)cc2)c1=O. The van der Waals surface area contributed by atoms with Gasteiger partial charge in [-0.05, 0) is 36.4 Å². The normalized spacial score (nSPS) is 10.4. The van der Waals surface area contributed by atoms with E-state index >= 15 is 0 Å². The van der Waals surface area contributed by atoms with Crippen LogP contribution < -0.4 is 16.3 Å². The van der Waals surface area contributed by atoms with Crippen molar-refractivity contribution in [2.24, 2.45) is 7.05 Å². The molecule has 0 fully saturated rings. The van der Waals surface area contributed by atoms with Crippen LogP contribution in [-0.4, -0.2) is 31.9 Å². The van der Waals surface area contributed by atoms with Gasteiger partial charge in [-0.2, -0.15) is 9.78 Å². The Morgan fingerprint density at radius 2 is 1.96 bits per heavy atom. The van der Waals surface area contributed by atoms with E-state index in [1.807, 2.05) is 18.2 Å². The predicted octanol–water partition coefficient (Wildman–Crippen LogP) is 1.33. The third-order valence-corrected chi connectivity index (χ3v) is 3.59. The molecule has 0 aliphatic heterocycles. The van der Waals surface area contributed by atoms with Crippen molar-refractivity contribution in [1.82, 2.24) is 24.6 Å². The van der Waals surface area contributed by atoms with Crippen molar-refractivity contribution >= 4 is 11.7 Å². The van der Waals surface area contributed by atoms with Crippen LogP contribution in [0.4, 0.5) is 10.5 Å². The van der Waals surface area contributed by atoms with Gasteiger partial charge in [0.2, 0.25) is 0 Å². The van der Waals surface area contributed by atoms with E-state index in [1.54, 1.807) is 37.5 Å². The molecule has 0 unspecified atom stereocenters. The van der Waals surface area contributed by atoms with Crippen molar-refractivity contribution in [3.63, 3.8) is 0 Å². The second kappa shape index (κ2) is 7.43. The third kappa shape index (κ3) is 4.11. The Kier molecular flexibility index (Phi) is 4.89. The number of carbonyl (C=O) groups excluding carboxylic acids is 1. The number of aromatic nitrogens is 4. The van der Waals surface area contributed by atoms with Gasteiger partial charge < -0.3 is 10.6 Å². The fourth-order valence-corrected chi connectivity index (χ4v) is 2.27. The van der Waals surface area contributed by atoms with Gasteiger partial charge in [-0.15, -0.1) is 0 Å². The van der Waals surface area contributed by atoms with Crippen LogP contribution in [0.15, 0.2) is 59.8 Å². The second-order valence-electron chi connectivity index (χ2n) is 5.44. The number of nitrogens with one attached hydrogen (secondary N) is 2. The molecule has 0 radical (unpaired) electrons. The molecule has 0 atom stereocenters. The Balaban J connectivity index is 1.53. The summed E-state index contributed by atoms with van der Waals surface area (Å²) in [6, 6.07) is 12.3. The molecule has 1 aromatic carbocycles. The molecule has 0 aliphatic rings. The zero-order valence-electron chi connectivity index (χ0n) is 13.7. The van der Waals surface area contributed by atoms with E-state index < -0.39 is 0 Å². The summed E-state index contributed by atoms with van der Waals surface area (Å²) in [5, 5.41) is 9.53. The molecule has 3 aromatic rings. The summed E-state index contributed by atoms with van der Waals surface area (Å²) in [6.07, 6.45) is 3.84. The summed E-state index contributed by atoms with van der Waals surface area (Å²) < 4.78 is 2.68. The molecule has 3 rings (SSSR count). The number of carbonyl (C=O) groups is 1. The maximum Gasteiger partial charge on any atom is 0.350 e. The molecule has 2 amide bonds. The molecule has 2 heterocycles. The molecule has 0 aliphatic carbocycles. The Morgan fingerprint density at radius 3 is 2.60 bits per heavy atom. The molecule has 25 heavy (non-hydrogen) atoms. The first kappa shape index (κ1) is 16.4. The van der Waals surface area contributed by atoms with Crippen molar-refractivity contribution in [3.8, 4) is 5.69 Å². The Hall–Kier alpha value is -3.42. The fourth-order valence-electron chi connectivity index (χ4n) is 2.27. The van der Waals surface area contributed by atoms with E-state index in [0.29, 0.717) is 24.3 Å². The van der Waals surface area contributed by atoms with Gasteiger partial charge in [-0.1, -0.05) is 6.07 Å². The largest absolute Gasteiger partial charge is 0.350 e. The lowest BCUT2D eigenvalue weighted by Gasteiger charge is -2.08.